The number of ether oxygens (including phenoxy) is 1. The first-order chi connectivity index (χ1) is 7.60. The Kier molecular flexibility index (Phi) is 6.11. The van der Waals surface area contributed by atoms with Gasteiger partial charge in [-0.3, -0.25) is 0 Å². The smallest absolute Gasteiger partial charge is 0.0616 e. The maximum Gasteiger partial charge on any atom is 0.0616 e. The molecule has 16 heavy (non-hydrogen) atoms. The van der Waals surface area contributed by atoms with Gasteiger partial charge in [0.15, 0.2) is 0 Å². The van der Waals surface area contributed by atoms with Crippen LogP contribution in [-0.2, 0) is 4.74 Å². The number of hydrogen-bond donors (Lipinski definition) is 2. The van der Waals surface area contributed by atoms with Crippen molar-refractivity contribution in [2.75, 3.05) is 31.8 Å². The summed E-state index contributed by atoms with van der Waals surface area (Å²) in [6, 6.07) is 0.802. The van der Waals surface area contributed by atoms with E-state index in [2.05, 4.69) is 19.2 Å². The molecular formula is C12H25NO2S. The fraction of sp³-hybridized carbons (Fsp3) is 1.00. The summed E-state index contributed by atoms with van der Waals surface area (Å²) in [5, 5.41) is 12.7. The molecule has 1 aliphatic rings. The van der Waals surface area contributed by atoms with Gasteiger partial charge < -0.3 is 15.2 Å². The Hall–Kier alpha value is 0.230. The van der Waals surface area contributed by atoms with E-state index in [1.807, 2.05) is 11.8 Å². The number of hydrogen-bond acceptors (Lipinski definition) is 4. The van der Waals surface area contributed by atoms with Crippen molar-refractivity contribution in [2.24, 2.45) is 5.41 Å². The van der Waals surface area contributed by atoms with E-state index in [-0.39, 0.29) is 12.6 Å². The Balaban J connectivity index is 2.47. The molecule has 1 heterocycles. The lowest BCUT2D eigenvalue weighted by molar-refractivity contribution is 0.125. The minimum absolute atomic E-state index is 0.224. The van der Waals surface area contributed by atoms with E-state index in [0.717, 1.165) is 6.42 Å². The molecular weight excluding hydrogens is 222 g/mol. The average Bonchev–Trinajstić information content (AvgIpc) is 2.22. The van der Waals surface area contributed by atoms with Crippen molar-refractivity contribution in [1.29, 1.82) is 0 Å². The number of aliphatic hydroxyl groups is 1. The summed E-state index contributed by atoms with van der Waals surface area (Å²) in [6.45, 7) is 5.56. The van der Waals surface area contributed by atoms with Crippen molar-refractivity contribution < 1.29 is 9.84 Å². The fourth-order valence-corrected chi connectivity index (χ4v) is 3.69. The third-order valence-electron chi connectivity index (χ3n) is 3.40. The van der Waals surface area contributed by atoms with E-state index >= 15 is 0 Å². The van der Waals surface area contributed by atoms with Gasteiger partial charge in [0.25, 0.3) is 0 Å². The first-order valence-electron chi connectivity index (χ1n) is 6.03. The van der Waals surface area contributed by atoms with Crippen LogP contribution in [0.15, 0.2) is 0 Å². The average molecular weight is 247 g/mol. The summed E-state index contributed by atoms with van der Waals surface area (Å²) in [5.74, 6) is 2.43. The molecule has 1 rings (SSSR count). The Bertz CT molecular complexity index is 193. The molecule has 0 amide bonds. The second-order valence-electron chi connectivity index (χ2n) is 5.20. The molecule has 0 aliphatic carbocycles. The number of aliphatic hydroxyl groups excluding tert-OH is 1. The van der Waals surface area contributed by atoms with Gasteiger partial charge in [-0.05, 0) is 24.0 Å². The zero-order valence-electron chi connectivity index (χ0n) is 10.7. The topological polar surface area (TPSA) is 41.5 Å². The Morgan fingerprint density at radius 2 is 2.31 bits per heavy atom. The van der Waals surface area contributed by atoms with Gasteiger partial charge in [-0.25, -0.2) is 0 Å². The summed E-state index contributed by atoms with van der Waals surface area (Å²) in [7, 11) is 1.72. The largest absolute Gasteiger partial charge is 0.396 e. The van der Waals surface area contributed by atoms with Crippen LogP contribution in [0.4, 0.5) is 0 Å². The minimum atomic E-state index is 0.224. The molecule has 1 fully saturated rings. The van der Waals surface area contributed by atoms with Crippen LogP contribution in [0.3, 0.4) is 0 Å². The lowest BCUT2D eigenvalue weighted by atomic mass is 9.82. The molecule has 3 nitrogen and oxygen atoms in total. The molecule has 0 spiro atoms. The van der Waals surface area contributed by atoms with Gasteiger partial charge in [-0.2, -0.15) is 11.8 Å². The molecule has 0 aromatic heterocycles. The Labute approximate surface area is 103 Å². The molecule has 0 saturated carbocycles. The van der Waals surface area contributed by atoms with Gasteiger partial charge in [0.1, 0.15) is 0 Å². The van der Waals surface area contributed by atoms with Crippen LogP contribution in [0.25, 0.3) is 0 Å². The molecule has 0 radical (unpaired) electrons. The van der Waals surface area contributed by atoms with Crippen LogP contribution in [0.5, 0.6) is 0 Å². The SMILES string of the molecule is COCC(CCO)NC1CSCCC1(C)C. The zero-order chi connectivity index (χ0) is 12.0. The van der Waals surface area contributed by atoms with E-state index in [1.54, 1.807) is 7.11 Å². The highest BCUT2D eigenvalue weighted by molar-refractivity contribution is 7.99. The molecule has 1 aliphatic heterocycles. The summed E-state index contributed by atoms with van der Waals surface area (Å²) in [5.41, 5.74) is 0.354. The van der Waals surface area contributed by atoms with Crippen molar-refractivity contribution in [3.05, 3.63) is 0 Å². The molecule has 96 valence electrons. The van der Waals surface area contributed by atoms with Crippen molar-refractivity contribution in [1.82, 2.24) is 5.32 Å². The monoisotopic (exact) mass is 247 g/mol. The normalized spacial score (nSPS) is 26.6. The van der Waals surface area contributed by atoms with E-state index in [0.29, 0.717) is 18.1 Å². The molecule has 2 N–H and O–H groups in total. The highest BCUT2D eigenvalue weighted by Crippen LogP contribution is 2.34. The lowest BCUT2D eigenvalue weighted by Gasteiger charge is -2.40. The van der Waals surface area contributed by atoms with Crippen LogP contribution in [0, 0.1) is 5.41 Å². The summed E-state index contributed by atoms with van der Waals surface area (Å²) < 4.78 is 5.19. The summed E-state index contributed by atoms with van der Waals surface area (Å²) >= 11 is 2.02. The van der Waals surface area contributed by atoms with Crippen LogP contribution in [-0.4, -0.2) is 49.0 Å². The van der Waals surface area contributed by atoms with Gasteiger partial charge in [0.05, 0.1) is 6.61 Å². The predicted molar refractivity (Wildman–Crippen MR) is 70.0 cm³/mol. The number of thioether (sulfide) groups is 1. The molecule has 1 saturated heterocycles. The fourth-order valence-electron chi connectivity index (χ4n) is 2.07. The highest BCUT2D eigenvalue weighted by atomic mass is 32.2. The minimum Gasteiger partial charge on any atom is -0.396 e. The predicted octanol–water partition coefficient (Wildman–Crippen LogP) is 1.51. The molecule has 2 atom stereocenters. The Morgan fingerprint density at radius 3 is 2.88 bits per heavy atom. The van der Waals surface area contributed by atoms with Gasteiger partial charge in [0.2, 0.25) is 0 Å². The number of methoxy groups -OCH3 is 1. The summed E-state index contributed by atoms with van der Waals surface area (Å²) in [4.78, 5) is 0. The van der Waals surface area contributed by atoms with Gasteiger partial charge in [-0.1, -0.05) is 13.8 Å². The van der Waals surface area contributed by atoms with Gasteiger partial charge in [-0.15, -0.1) is 0 Å². The molecule has 2 unspecified atom stereocenters. The van der Waals surface area contributed by atoms with E-state index < -0.39 is 0 Å². The first kappa shape index (κ1) is 14.3. The first-order valence-corrected chi connectivity index (χ1v) is 7.19. The number of nitrogens with one attached hydrogen (secondary N) is 1. The van der Waals surface area contributed by atoms with Crippen LogP contribution in [0.1, 0.15) is 26.7 Å². The Morgan fingerprint density at radius 1 is 1.56 bits per heavy atom. The van der Waals surface area contributed by atoms with Crippen molar-refractivity contribution in [3.8, 4) is 0 Å². The number of rotatable bonds is 6. The standard InChI is InChI=1S/C12H25NO2S/c1-12(2)5-7-16-9-11(12)13-10(4-6-14)8-15-3/h10-11,13-14H,4-9H2,1-3H3. The maximum atomic E-state index is 9.02. The lowest BCUT2D eigenvalue weighted by Crippen LogP contribution is -2.52. The van der Waals surface area contributed by atoms with Crippen LogP contribution < -0.4 is 5.32 Å². The second kappa shape index (κ2) is 6.84. The molecule has 0 aromatic rings. The zero-order valence-corrected chi connectivity index (χ0v) is 11.5. The van der Waals surface area contributed by atoms with Crippen molar-refractivity contribution in [3.63, 3.8) is 0 Å². The van der Waals surface area contributed by atoms with Gasteiger partial charge in [0, 0.05) is 31.6 Å². The second-order valence-corrected chi connectivity index (χ2v) is 6.35. The molecule has 0 bridgehead atoms. The van der Waals surface area contributed by atoms with E-state index in [4.69, 9.17) is 9.84 Å². The van der Waals surface area contributed by atoms with E-state index in [9.17, 15) is 0 Å². The highest BCUT2D eigenvalue weighted by Gasteiger charge is 2.33. The van der Waals surface area contributed by atoms with Crippen molar-refractivity contribution in [2.45, 2.75) is 38.8 Å². The van der Waals surface area contributed by atoms with Crippen LogP contribution >= 0.6 is 11.8 Å². The summed E-state index contributed by atoms with van der Waals surface area (Å²) in [6.07, 6.45) is 2.03. The molecule has 0 aromatic carbocycles. The maximum absolute atomic E-state index is 9.02. The van der Waals surface area contributed by atoms with Gasteiger partial charge >= 0.3 is 0 Å². The van der Waals surface area contributed by atoms with Crippen molar-refractivity contribution >= 4 is 11.8 Å². The third kappa shape index (κ3) is 4.24. The molecule has 4 heteroatoms. The third-order valence-corrected chi connectivity index (χ3v) is 4.46. The van der Waals surface area contributed by atoms with Crippen LogP contribution in [0.2, 0.25) is 0 Å². The quantitative estimate of drug-likeness (QED) is 0.746. The van der Waals surface area contributed by atoms with E-state index in [1.165, 1.54) is 17.9 Å².